The summed E-state index contributed by atoms with van der Waals surface area (Å²) in [7, 11) is 1.52. The lowest BCUT2D eigenvalue weighted by molar-refractivity contribution is 0.628. The van der Waals surface area contributed by atoms with Crippen LogP contribution in [0.5, 0.6) is 0 Å². The average Bonchev–Trinajstić information content (AvgIpc) is 3.08. The van der Waals surface area contributed by atoms with Crippen molar-refractivity contribution in [2.75, 3.05) is 5.43 Å². The number of aryl methyl sites for hydroxylation is 1. The molecule has 10 heteroatoms. The van der Waals surface area contributed by atoms with Gasteiger partial charge in [0, 0.05) is 12.1 Å². The zero-order valence-electron chi connectivity index (χ0n) is 15.8. The summed E-state index contributed by atoms with van der Waals surface area (Å²) >= 11 is 5.95. The number of aromatic nitrogens is 4. The Morgan fingerprint density at radius 2 is 1.87 bits per heavy atom. The van der Waals surface area contributed by atoms with Crippen molar-refractivity contribution in [1.82, 2.24) is 19.1 Å². The van der Waals surface area contributed by atoms with Crippen LogP contribution in [0.4, 0.5) is 10.3 Å². The lowest BCUT2D eigenvalue weighted by Gasteiger charge is -2.08. The molecule has 0 aliphatic carbocycles. The molecule has 0 radical (unpaired) electrons. The number of nitrogens with zero attached hydrogens (tertiary/aromatic N) is 4. The molecule has 30 heavy (non-hydrogen) atoms. The van der Waals surface area contributed by atoms with E-state index in [4.69, 9.17) is 11.6 Å². The van der Waals surface area contributed by atoms with E-state index < -0.39 is 11.2 Å². The number of aromatic amines is 1. The fourth-order valence-corrected chi connectivity index (χ4v) is 3.09. The first-order valence-corrected chi connectivity index (χ1v) is 9.29. The molecule has 2 N–H and O–H groups in total. The van der Waals surface area contributed by atoms with Crippen LogP contribution in [0.2, 0.25) is 5.02 Å². The zero-order chi connectivity index (χ0) is 21.3. The van der Waals surface area contributed by atoms with E-state index in [1.807, 2.05) is 12.1 Å². The van der Waals surface area contributed by atoms with E-state index in [0.29, 0.717) is 17.1 Å². The topological polar surface area (TPSA) is 97.1 Å². The normalized spacial score (nSPS) is 11.4. The standard InChI is InChI=1S/C20H16ClFN6O2/c1-27-17-16(18(29)25-20(27)30)28(11-13-2-6-14(21)7-3-13)19(24-17)26-23-10-12-4-8-15(22)9-5-12/h2-10H,11H2,1H3,(H,24,26)(H,25,29,30)/b23-10-. The highest BCUT2D eigenvalue weighted by molar-refractivity contribution is 6.30. The fraction of sp³-hybridized carbons (Fsp3) is 0.100. The Balaban J connectivity index is 1.77. The van der Waals surface area contributed by atoms with E-state index >= 15 is 0 Å². The van der Waals surface area contributed by atoms with Crippen LogP contribution >= 0.6 is 11.6 Å². The molecule has 4 rings (SSSR count). The lowest BCUT2D eigenvalue weighted by Crippen LogP contribution is -2.29. The van der Waals surface area contributed by atoms with Crippen LogP contribution < -0.4 is 16.7 Å². The smallest absolute Gasteiger partial charge is 0.298 e. The lowest BCUT2D eigenvalue weighted by atomic mass is 10.2. The van der Waals surface area contributed by atoms with Crippen LogP contribution in [-0.2, 0) is 13.6 Å². The Labute approximate surface area is 174 Å². The van der Waals surface area contributed by atoms with Crippen molar-refractivity contribution in [3.8, 4) is 0 Å². The maximum atomic E-state index is 13.0. The number of fused-ring (bicyclic) bond motifs is 1. The minimum absolute atomic E-state index is 0.220. The molecule has 4 aromatic rings. The summed E-state index contributed by atoms with van der Waals surface area (Å²) in [6.07, 6.45) is 1.49. The predicted molar refractivity (Wildman–Crippen MR) is 114 cm³/mol. The van der Waals surface area contributed by atoms with Gasteiger partial charge in [-0.25, -0.2) is 14.6 Å². The largest absolute Gasteiger partial charge is 0.329 e. The average molecular weight is 427 g/mol. The summed E-state index contributed by atoms with van der Waals surface area (Å²) in [6, 6.07) is 13.0. The third-order valence-electron chi connectivity index (χ3n) is 4.51. The number of anilines is 1. The Bertz CT molecular complexity index is 1350. The second kappa shape index (κ2) is 7.96. The van der Waals surface area contributed by atoms with E-state index in [1.165, 1.54) is 30.0 Å². The summed E-state index contributed by atoms with van der Waals surface area (Å²) < 4.78 is 15.9. The van der Waals surface area contributed by atoms with Crippen LogP contribution in [-0.4, -0.2) is 25.3 Å². The van der Waals surface area contributed by atoms with Crippen LogP contribution in [0.3, 0.4) is 0 Å². The molecule has 2 heterocycles. The molecule has 152 valence electrons. The van der Waals surface area contributed by atoms with Gasteiger partial charge in [-0.1, -0.05) is 35.9 Å². The number of nitrogens with one attached hydrogen (secondary N) is 2. The maximum Gasteiger partial charge on any atom is 0.329 e. The van der Waals surface area contributed by atoms with Crippen molar-refractivity contribution >= 4 is 34.9 Å². The van der Waals surface area contributed by atoms with Gasteiger partial charge in [0.1, 0.15) is 5.82 Å². The van der Waals surface area contributed by atoms with E-state index in [0.717, 1.165) is 5.56 Å². The number of hydrogen-bond donors (Lipinski definition) is 2. The minimum Gasteiger partial charge on any atom is -0.298 e. The van der Waals surface area contributed by atoms with E-state index in [-0.39, 0.29) is 22.9 Å². The van der Waals surface area contributed by atoms with Gasteiger partial charge in [0.25, 0.3) is 5.56 Å². The highest BCUT2D eigenvalue weighted by Gasteiger charge is 2.17. The van der Waals surface area contributed by atoms with Crippen molar-refractivity contribution < 1.29 is 4.39 Å². The Morgan fingerprint density at radius 3 is 2.57 bits per heavy atom. The zero-order valence-corrected chi connectivity index (χ0v) is 16.5. The van der Waals surface area contributed by atoms with Crippen molar-refractivity contribution in [1.29, 1.82) is 0 Å². The monoisotopic (exact) mass is 426 g/mol. The number of H-pyrrole nitrogens is 1. The second-order valence-electron chi connectivity index (χ2n) is 6.56. The van der Waals surface area contributed by atoms with E-state index in [9.17, 15) is 14.0 Å². The molecular formula is C20H16ClFN6O2. The molecule has 0 aliphatic heterocycles. The minimum atomic E-state index is -0.565. The first-order valence-electron chi connectivity index (χ1n) is 8.91. The molecule has 0 amide bonds. The molecular weight excluding hydrogens is 411 g/mol. The van der Waals surface area contributed by atoms with Crippen molar-refractivity contribution in [3.63, 3.8) is 0 Å². The highest BCUT2D eigenvalue weighted by atomic mass is 35.5. The van der Waals surface area contributed by atoms with Crippen LogP contribution in [0.15, 0.2) is 63.2 Å². The molecule has 0 atom stereocenters. The van der Waals surface area contributed by atoms with Gasteiger partial charge in [0.2, 0.25) is 5.95 Å². The van der Waals surface area contributed by atoms with E-state index in [1.54, 1.807) is 28.8 Å². The van der Waals surface area contributed by atoms with Crippen LogP contribution in [0.1, 0.15) is 11.1 Å². The summed E-state index contributed by atoms with van der Waals surface area (Å²) in [5.74, 6) is -0.0741. The van der Waals surface area contributed by atoms with Gasteiger partial charge in [-0.05, 0) is 35.4 Å². The van der Waals surface area contributed by atoms with Gasteiger partial charge >= 0.3 is 5.69 Å². The summed E-state index contributed by atoms with van der Waals surface area (Å²) in [4.78, 5) is 31.1. The third-order valence-corrected chi connectivity index (χ3v) is 4.76. The van der Waals surface area contributed by atoms with Crippen molar-refractivity contribution in [2.45, 2.75) is 6.54 Å². The predicted octanol–water partition coefficient (Wildman–Crippen LogP) is 2.71. The number of halogens is 2. The molecule has 0 unspecified atom stereocenters. The van der Waals surface area contributed by atoms with E-state index in [2.05, 4.69) is 20.5 Å². The number of benzene rings is 2. The van der Waals surface area contributed by atoms with Gasteiger partial charge in [0.15, 0.2) is 11.2 Å². The van der Waals surface area contributed by atoms with Crippen molar-refractivity contribution in [2.24, 2.45) is 12.1 Å². The highest BCUT2D eigenvalue weighted by Crippen LogP contribution is 2.19. The third kappa shape index (κ3) is 3.87. The number of imidazole rings is 1. The molecule has 0 aliphatic rings. The number of hydrazone groups is 1. The first kappa shape index (κ1) is 19.6. The second-order valence-corrected chi connectivity index (χ2v) is 7.00. The Hall–Kier alpha value is -3.72. The Morgan fingerprint density at radius 1 is 1.17 bits per heavy atom. The van der Waals surface area contributed by atoms with Gasteiger partial charge in [-0.3, -0.25) is 18.9 Å². The molecule has 0 bridgehead atoms. The van der Waals surface area contributed by atoms with Gasteiger partial charge in [-0.2, -0.15) is 10.1 Å². The fourth-order valence-electron chi connectivity index (χ4n) is 2.96. The molecule has 0 spiro atoms. The molecule has 0 saturated carbocycles. The molecule has 2 aromatic heterocycles. The molecule has 0 fully saturated rings. The summed E-state index contributed by atoms with van der Waals surface area (Å²) in [5, 5.41) is 4.73. The summed E-state index contributed by atoms with van der Waals surface area (Å²) in [6.45, 7) is 0.295. The molecule has 2 aromatic carbocycles. The van der Waals surface area contributed by atoms with Crippen LogP contribution in [0, 0.1) is 5.82 Å². The summed E-state index contributed by atoms with van der Waals surface area (Å²) in [5.41, 5.74) is 3.69. The van der Waals surface area contributed by atoms with Gasteiger partial charge in [-0.15, -0.1) is 0 Å². The first-order chi connectivity index (χ1) is 14.4. The molecule has 8 nitrogen and oxygen atoms in total. The van der Waals surface area contributed by atoms with Crippen molar-refractivity contribution in [3.05, 3.63) is 91.3 Å². The SMILES string of the molecule is Cn1c(=O)[nH]c(=O)c2c1nc(N/N=C\c1ccc(F)cc1)n2Cc1ccc(Cl)cc1. The van der Waals surface area contributed by atoms with Crippen LogP contribution in [0.25, 0.3) is 11.2 Å². The maximum absolute atomic E-state index is 13.0. The quantitative estimate of drug-likeness (QED) is 0.379. The Kier molecular flexibility index (Phi) is 5.20. The van der Waals surface area contributed by atoms with Gasteiger partial charge in [0.05, 0.1) is 12.8 Å². The number of rotatable bonds is 5. The molecule has 0 saturated heterocycles. The number of hydrogen-bond acceptors (Lipinski definition) is 5. The van der Waals surface area contributed by atoms with Gasteiger partial charge < -0.3 is 0 Å².